The lowest BCUT2D eigenvalue weighted by Crippen LogP contribution is -2.34. The van der Waals surface area contributed by atoms with Gasteiger partial charge in [0.2, 0.25) is 0 Å². The van der Waals surface area contributed by atoms with Crippen molar-refractivity contribution in [3.63, 3.8) is 0 Å². The zero-order valence-electron chi connectivity index (χ0n) is 8.92. The summed E-state index contributed by atoms with van der Waals surface area (Å²) in [6, 6.07) is 0.862. The first-order valence-electron chi connectivity index (χ1n) is 5.73. The van der Waals surface area contributed by atoms with Crippen LogP contribution >= 0.6 is 0 Å². The van der Waals surface area contributed by atoms with Gasteiger partial charge in [-0.05, 0) is 51.2 Å². The Hall–Kier alpha value is -0.0800. The van der Waals surface area contributed by atoms with Gasteiger partial charge in [0.1, 0.15) is 0 Å². The van der Waals surface area contributed by atoms with E-state index in [0.717, 1.165) is 24.4 Å². The van der Waals surface area contributed by atoms with Crippen molar-refractivity contribution in [3.05, 3.63) is 0 Å². The lowest BCUT2D eigenvalue weighted by Gasteiger charge is -2.30. The second-order valence-electron chi connectivity index (χ2n) is 4.73. The Morgan fingerprint density at radius 1 is 1.46 bits per heavy atom. The molecule has 2 nitrogen and oxygen atoms in total. The van der Waals surface area contributed by atoms with Crippen molar-refractivity contribution < 1.29 is 0 Å². The lowest BCUT2D eigenvalue weighted by atomic mass is 9.93. The first-order valence-corrected chi connectivity index (χ1v) is 5.73. The number of hydrogen-bond donors (Lipinski definition) is 1. The van der Waals surface area contributed by atoms with Gasteiger partial charge in [0.25, 0.3) is 0 Å². The van der Waals surface area contributed by atoms with E-state index < -0.39 is 0 Å². The molecule has 0 aromatic rings. The number of piperidine rings is 1. The van der Waals surface area contributed by atoms with Crippen LogP contribution in [0.4, 0.5) is 0 Å². The molecule has 1 saturated heterocycles. The molecule has 0 amide bonds. The number of likely N-dealkylation sites (tertiary alicyclic amines) is 1. The van der Waals surface area contributed by atoms with Gasteiger partial charge >= 0.3 is 0 Å². The quantitative estimate of drug-likeness (QED) is 0.708. The van der Waals surface area contributed by atoms with E-state index in [1.807, 2.05) is 0 Å². The maximum atomic E-state index is 3.56. The van der Waals surface area contributed by atoms with Crippen LogP contribution in [-0.4, -0.2) is 37.6 Å². The van der Waals surface area contributed by atoms with Crippen LogP contribution in [0.15, 0.2) is 0 Å². The molecule has 1 aliphatic carbocycles. The van der Waals surface area contributed by atoms with Crippen LogP contribution < -0.4 is 5.32 Å². The summed E-state index contributed by atoms with van der Waals surface area (Å²) in [5, 5.41) is 3.56. The number of rotatable bonds is 3. The molecule has 0 aromatic heterocycles. The third kappa shape index (κ3) is 2.23. The number of nitrogens with one attached hydrogen (secondary N) is 1. The summed E-state index contributed by atoms with van der Waals surface area (Å²) in [6.45, 7) is 6.01. The van der Waals surface area contributed by atoms with Gasteiger partial charge in [0, 0.05) is 12.6 Å². The van der Waals surface area contributed by atoms with Gasteiger partial charge in [-0.1, -0.05) is 6.92 Å². The average Bonchev–Trinajstić information content (AvgIpc) is 2.85. The van der Waals surface area contributed by atoms with Gasteiger partial charge in [-0.3, -0.25) is 0 Å². The minimum atomic E-state index is 0.862. The Bertz CT molecular complexity index is 169. The molecular weight excluding hydrogens is 160 g/mol. The predicted molar refractivity (Wildman–Crippen MR) is 55.8 cm³/mol. The summed E-state index contributed by atoms with van der Waals surface area (Å²) >= 11 is 0. The zero-order chi connectivity index (χ0) is 9.26. The molecule has 2 rings (SSSR count). The smallest absolute Gasteiger partial charge is 0.0102 e. The van der Waals surface area contributed by atoms with Crippen LogP contribution in [0.2, 0.25) is 0 Å². The molecule has 2 aliphatic rings. The first-order chi connectivity index (χ1) is 6.31. The molecule has 0 aromatic carbocycles. The van der Waals surface area contributed by atoms with E-state index in [2.05, 4.69) is 24.2 Å². The van der Waals surface area contributed by atoms with Crippen molar-refractivity contribution in [3.8, 4) is 0 Å². The topological polar surface area (TPSA) is 15.3 Å². The molecule has 2 fully saturated rings. The molecule has 13 heavy (non-hydrogen) atoms. The van der Waals surface area contributed by atoms with Crippen molar-refractivity contribution >= 4 is 0 Å². The van der Waals surface area contributed by atoms with Gasteiger partial charge < -0.3 is 10.2 Å². The van der Waals surface area contributed by atoms with Crippen LogP contribution in [0.1, 0.15) is 26.2 Å². The van der Waals surface area contributed by atoms with Gasteiger partial charge in [0.15, 0.2) is 0 Å². The largest absolute Gasteiger partial charge is 0.314 e. The third-order valence-corrected chi connectivity index (χ3v) is 3.57. The molecule has 0 radical (unpaired) electrons. The van der Waals surface area contributed by atoms with E-state index in [4.69, 9.17) is 0 Å². The second-order valence-corrected chi connectivity index (χ2v) is 4.73. The fraction of sp³-hybridized carbons (Fsp3) is 1.00. The molecule has 1 heterocycles. The van der Waals surface area contributed by atoms with Crippen molar-refractivity contribution in [2.75, 3.05) is 26.7 Å². The summed E-state index contributed by atoms with van der Waals surface area (Å²) in [6.07, 6.45) is 4.32. The van der Waals surface area contributed by atoms with E-state index in [0.29, 0.717) is 0 Å². The molecule has 3 atom stereocenters. The predicted octanol–water partition coefficient (Wildman–Crippen LogP) is 1.33. The van der Waals surface area contributed by atoms with Crippen LogP contribution in [0.3, 0.4) is 0 Å². The van der Waals surface area contributed by atoms with E-state index in [9.17, 15) is 0 Å². The van der Waals surface area contributed by atoms with Crippen molar-refractivity contribution in [2.24, 2.45) is 11.8 Å². The standard InChI is InChI=1S/C11H22N2/c1-3-12-11-7-10(11)9-5-4-6-13(2)8-9/h9-12H,3-8H2,1-2H3. The maximum absolute atomic E-state index is 3.56. The average molecular weight is 182 g/mol. The van der Waals surface area contributed by atoms with Gasteiger partial charge in [-0.2, -0.15) is 0 Å². The summed E-state index contributed by atoms with van der Waals surface area (Å²) < 4.78 is 0. The highest BCUT2D eigenvalue weighted by molar-refractivity contribution is 4.98. The Balaban J connectivity index is 1.75. The highest BCUT2D eigenvalue weighted by atomic mass is 15.1. The minimum Gasteiger partial charge on any atom is -0.314 e. The zero-order valence-corrected chi connectivity index (χ0v) is 8.92. The van der Waals surface area contributed by atoms with Gasteiger partial charge in [0.05, 0.1) is 0 Å². The Morgan fingerprint density at radius 2 is 2.31 bits per heavy atom. The van der Waals surface area contributed by atoms with Crippen LogP contribution in [0, 0.1) is 11.8 Å². The van der Waals surface area contributed by atoms with Gasteiger partial charge in [-0.25, -0.2) is 0 Å². The molecule has 0 spiro atoms. The van der Waals surface area contributed by atoms with E-state index in [1.165, 1.54) is 32.4 Å². The third-order valence-electron chi connectivity index (χ3n) is 3.57. The SMILES string of the molecule is CCNC1CC1C1CCCN(C)C1. The van der Waals surface area contributed by atoms with E-state index in [1.54, 1.807) is 0 Å². The summed E-state index contributed by atoms with van der Waals surface area (Å²) in [4.78, 5) is 2.50. The Labute approximate surface area is 81.7 Å². The van der Waals surface area contributed by atoms with E-state index in [-0.39, 0.29) is 0 Å². The molecule has 3 unspecified atom stereocenters. The highest BCUT2D eigenvalue weighted by Crippen LogP contribution is 2.41. The molecule has 2 heteroatoms. The van der Waals surface area contributed by atoms with E-state index >= 15 is 0 Å². The summed E-state index contributed by atoms with van der Waals surface area (Å²) in [5.41, 5.74) is 0. The summed E-state index contributed by atoms with van der Waals surface area (Å²) in [5.74, 6) is 1.99. The van der Waals surface area contributed by atoms with Gasteiger partial charge in [-0.15, -0.1) is 0 Å². The Morgan fingerprint density at radius 3 is 3.00 bits per heavy atom. The normalized spacial score (nSPS) is 40.6. The van der Waals surface area contributed by atoms with Crippen LogP contribution in [0.25, 0.3) is 0 Å². The van der Waals surface area contributed by atoms with Crippen molar-refractivity contribution in [1.82, 2.24) is 10.2 Å². The monoisotopic (exact) mass is 182 g/mol. The minimum absolute atomic E-state index is 0.862. The number of nitrogens with zero attached hydrogens (tertiary/aromatic N) is 1. The highest BCUT2D eigenvalue weighted by Gasteiger charge is 2.42. The molecule has 1 N–H and O–H groups in total. The molecule has 1 saturated carbocycles. The molecule has 1 aliphatic heterocycles. The first kappa shape index (κ1) is 9.47. The lowest BCUT2D eigenvalue weighted by molar-refractivity contribution is 0.190. The molecule has 0 bridgehead atoms. The maximum Gasteiger partial charge on any atom is 0.0102 e. The molecular formula is C11H22N2. The second kappa shape index (κ2) is 3.97. The molecule has 76 valence electrons. The Kier molecular flexibility index (Phi) is 2.89. The van der Waals surface area contributed by atoms with Crippen molar-refractivity contribution in [1.29, 1.82) is 0 Å². The van der Waals surface area contributed by atoms with Crippen LogP contribution in [0.5, 0.6) is 0 Å². The summed E-state index contributed by atoms with van der Waals surface area (Å²) in [7, 11) is 2.26. The fourth-order valence-electron chi connectivity index (χ4n) is 2.79. The number of hydrogen-bond acceptors (Lipinski definition) is 2. The fourth-order valence-corrected chi connectivity index (χ4v) is 2.79. The van der Waals surface area contributed by atoms with Crippen LogP contribution in [-0.2, 0) is 0 Å². The van der Waals surface area contributed by atoms with Crippen molar-refractivity contribution in [2.45, 2.75) is 32.2 Å².